The topological polar surface area (TPSA) is 51.1 Å². The minimum Gasteiger partial charge on any atom is -0.350 e. The van der Waals surface area contributed by atoms with E-state index in [0.717, 1.165) is 36.1 Å². The number of pyridine rings is 1. The lowest BCUT2D eigenvalue weighted by molar-refractivity contribution is 0.0941. The number of rotatable bonds is 7. The van der Waals surface area contributed by atoms with Crippen LogP contribution in [0.3, 0.4) is 0 Å². The van der Waals surface area contributed by atoms with Crippen LogP contribution in [0, 0.1) is 5.82 Å². The van der Waals surface area contributed by atoms with Gasteiger partial charge in [-0.05, 0) is 56.0 Å². The van der Waals surface area contributed by atoms with Crippen molar-refractivity contribution >= 4 is 5.91 Å². The van der Waals surface area contributed by atoms with Crippen LogP contribution in [0.1, 0.15) is 61.3 Å². The molecule has 5 heteroatoms. The summed E-state index contributed by atoms with van der Waals surface area (Å²) in [5, 5.41) is 2.80. The zero-order chi connectivity index (χ0) is 19.3. The van der Waals surface area contributed by atoms with Crippen LogP contribution >= 0.6 is 0 Å². The molecule has 0 saturated carbocycles. The first kappa shape index (κ1) is 19.9. The lowest BCUT2D eigenvalue weighted by Gasteiger charge is -2.19. The molecule has 0 unspecified atom stereocenters. The van der Waals surface area contributed by atoms with Crippen molar-refractivity contribution in [3.8, 4) is 0 Å². The maximum absolute atomic E-state index is 13.2. The summed E-state index contributed by atoms with van der Waals surface area (Å²) in [6.07, 6.45) is 2.39. The van der Waals surface area contributed by atoms with Gasteiger partial charge in [-0.3, -0.25) is 9.59 Å². The first-order chi connectivity index (χ1) is 12.4. The first-order valence-electron chi connectivity index (χ1n) is 9.18. The summed E-state index contributed by atoms with van der Waals surface area (Å²) >= 11 is 0. The molecule has 26 heavy (non-hydrogen) atoms. The summed E-state index contributed by atoms with van der Waals surface area (Å²) in [6, 6.07) is 7.79. The van der Waals surface area contributed by atoms with Crippen LogP contribution in [0.25, 0.3) is 0 Å². The molecule has 4 nitrogen and oxygen atoms in total. The van der Waals surface area contributed by atoms with E-state index in [9.17, 15) is 14.0 Å². The normalized spacial score (nSPS) is 11.0. The molecule has 0 aliphatic rings. The molecule has 140 valence electrons. The van der Waals surface area contributed by atoms with Crippen molar-refractivity contribution in [2.45, 2.75) is 59.5 Å². The zero-order valence-electron chi connectivity index (χ0n) is 15.9. The quantitative estimate of drug-likeness (QED) is 0.821. The molecule has 0 bridgehead atoms. The predicted molar refractivity (Wildman–Crippen MR) is 102 cm³/mol. The second kappa shape index (κ2) is 8.79. The van der Waals surface area contributed by atoms with Gasteiger partial charge in [0.15, 0.2) is 0 Å². The number of amides is 1. The van der Waals surface area contributed by atoms with Gasteiger partial charge >= 0.3 is 0 Å². The number of hydrogen-bond acceptors (Lipinski definition) is 2. The Morgan fingerprint density at radius 1 is 1.19 bits per heavy atom. The molecule has 0 aliphatic heterocycles. The van der Waals surface area contributed by atoms with Crippen molar-refractivity contribution in [3.05, 3.63) is 68.9 Å². The van der Waals surface area contributed by atoms with Gasteiger partial charge in [0.05, 0.1) is 6.54 Å². The molecular weight excluding hydrogens is 331 g/mol. The third-order valence-corrected chi connectivity index (χ3v) is 4.28. The SMILES string of the molecule is CCCc1c(CC)cc(C(=O)NC(C)C)c(=O)n1Cc1ccc(F)cc1. The minimum atomic E-state index is -0.351. The van der Waals surface area contributed by atoms with E-state index in [-0.39, 0.29) is 28.9 Å². The Morgan fingerprint density at radius 3 is 2.38 bits per heavy atom. The highest BCUT2D eigenvalue weighted by Crippen LogP contribution is 2.15. The number of hydrogen-bond donors (Lipinski definition) is 1. The summed E-state index contributed by atoms with van der Waals surface area (Å²) in [5.74, 6) is -0.662. The monoisotopic (exact) mass is 358 g/mol. The van der Waals surface area contributed by atoms with Gasteiger partial charge in [0.1, 0.15) is 11.4 Å². The third-order valence-electron chi connectivity index (χ3n) is 4.28. The van der Waals surface area contributed by atoms with Gasteiger partial charge in [0.25, 0.3) is 11.5 Å². The highest BCUT2D eigenvalue weighted by atomic mass is 19.1. The third kappa shape index (κ3) is 4.59. The standard InChI is InChI=1S/C21H27FN2O2/c1-5-7-19-16(6-2)12-18(20(25)23-14(3)4)21(26)24(19)13-15-8-10-17(22)11-9-15/h8-12,14H,5-7,13H2,1-4H3,(H,23,25). The Labute approximate surface area is 154 Å². The molecule has 1 aromatic heterocycles. The summed E-state index contributed by atoms with van der Waals surface area (Å²) in [7, 11) is 0. The number of aryl methyl sites for hydroxylation is 1. The maximum atomic E-state index is 13.2. The van der Waals surface area contributed by atoms with Crippen molar-refractivity contribution in [1.82, 2.24) is 9.88 Å². The average Bonchev–Trinajstić information content (AvgIpc) is 2.59. The van der Waals surface area contributed by atoms with Crippen molar-refractivity contribution < 1.29 is 9.18 Å². The van der Waals surface area contributed by atoms with Gasteiger partial charge in [-0.25, -0.2) is 4.39 Å². The van der Waals surface area contributed by atoms with Gasteiger partial charge in [0.2, 0.25) is 0 Å². The summed E-state index contributed by atoms with van der Waals surface area (Å²) in [5.41, 5.74) is 2.65. The Kier molecular flexibility index (Phi) is 6.72. The molecule has 0 aliphatic carbocycles. The molecular formula is C21H27FN2O2. The molecule has 1 amide bonds. The molecule has 0 atom stereocenters. The Bertz CT molecular complexity index is 823. The molecule has 2 rings (SSSR count). The van der Waals surface area contributed by atoms with E-state index in [4.69, 9.17) is 0 Å². The molecule has 0 saturated heterocycles. The molecule has 1 aromatic carbocycles. The first-order valence-corrected chi connectivity index (χ1v) is 9.18. The van der Waals surface area contributed by atoms with Crippen LogP contribution in [0.2, 0.25) is 0 Å². The van der Waals surface area contributed by atoms with Crippen LogP contribution in [0.15, 0.2) is 35.1 Å². The molecule has 0 spiro atoms. The second-order valence-corrected chi connectivity index (χ2v) is 6.78. The van der Waals surface area contributed by atoms with E-state index >= 15 is 0 Å². The average molecular weight is 358 g/mol. The lowest BCUT2D eigenvalue weighted by Crippen LogP contribution is -2.38. The van der Waals surface area contributed by atoms with Crippen LogP contribution in [0.5, 0.6) is 0 Å². The number of carbonyl (C=O) groups excluding carboxylic acids is 1. The molecule has 1 N–H and O–H groups in total. The van der Waals surface area contributed by atoms with E-state index < -0.39 is 0 Å². The summed E-state index contributed by atoms with van der Waals surface area (Å²) in [4.78, 5) is 25.5. The van der Waals surface area contributed by atoms with E-state index in [1.54, 1.807) is 22.8 Å². The lowest BCUT2D eigenvalue weighted by atomic mass is 10.0. The van der Waals surface area contributed by atoms with E-state index in [0.29, 0.717) is 6.54 Å². The van der Waals surface area contributed by atoms with E-state index in [1.165, 1.54) is 12.1 Å². The maximum Gasteiger partial charge on any atom is 0.263 e. The van der Waals surface area contributed by atoms with Crippen LogP contribution in [-0.4, -0.2) is 16.5 Å². The largest absolute Gasteiger partial charge is 0.350 e. The van der Waals surface area contributed by atoms with Gasteiger partial charge in [0, 0.05) is 11.7 Å². The van der Waals surface area contributed by atoms with Gasteiger partial charge < -0.3 is 9.88 Å². The summed E-state index contributed by atoms with van der Waals surface area (Å²) in [6.45, 7) is 8.13. The molecule has 0 radical (unpaired) electrons. The van der Waals surface area contributed by atoms with Crippen LogP contribution < -0.4 is 10.9 Å². The number of benzene rings is 1. The number of aromatic nitrogens is 1. The van der Waals surface area contributed by atoms with Crippen molar-refractivity contribution in [3.63, 3.8) is 0 Å². The minimum absolute atomic E-state index is 0.0483. The Balaban J connectivity index is 2.59. The fraction of sp³-hybridized carbons (Fsp3) is 0.429. The Morgan fingerprint density at radius 2 is 1.85 bits per heavy atom. The van der Waals surface area contributed by atoms with Gasteiger partial charge in [-0.2, -0.15) is 0 Å². The smallest absolute Gasteiger partial charge is 0.263 e. The fourth-order valence-electron chi connectivity index (χ4n) is 3.04. The second-order valence-electron chi connectivity index (χ2n) is 6.78. The summed E-state index contributed by atoms with van der Waals surface area (Å²) < 4.78 is 14.9. The Hall–Kier alpha value is -2.43. The number of halogens is 1. The predicted octanol–water partition coefficient (Wildman–Crippen LogP) is 3.69. The fourth-order valence-corrected chi connectivity index (χ4v) is 3.04. The van der Waals surface area contributed by atoms with Crippen molar-refractivity contribution in [2.75, 3.05) is 0 Å². The molecule has 1 heterocycles. The van der Waals surface area contributed by atoms with Crippen molar-refractivity contribution in [2.24, 2.45) is 0 Å². The van der Waals surface area contributed by atoms with E-state index in [2.05, 4.69) is 12.2 Å². The van der Waals surface area contributed by atoms with Crippen LogP contribution in [0.4, 0.5) is 4.39 Å². The number of nitrogens with zero attached hydrogens (tertiary/aromatic N) is 1. The van der Waals surface area contributed by atoms with Crippen molar-refractivity contribution in [1.29, 1.82) is 0 Å². The van der Waals surface area contributed by atoms with Gasteiger partial charge in [-0.1, -0.05) is 32.4 Å². The number of carbonyl (C=O) groups is 1. The molecule has 2 aromatic rings. The highest BCUT2D eigenvalue weighted by molar-refractivity contribution is 5.94. The number of nitrogens with one attached hydrogen (secondary N) is 1. The van der Waals surface area contributed by atoms with Gasteiger partial charge in [-0.15, -0.1) is 0 Å². The zero-order valence-corrected chi connectivity index (χ0v) is 15.9. The van der Waals surface area contributed by atoms with E-state index in [1.807, 2.05) is 20.8 Å². The van der Waals surface area contributed by atoms with Crippen LogP contribution in [-0.2, 0) is 19.4 Å². The highest BCUT2D eigenvalue weighted by Gasteiger charge is 2.19. The molecule has 0 fully saturated rings.